The Labute approximate surface area is 133 Å². The van der Waals surface area contributed by atoms with Gasteiger partial charge in [-0.25, -0.2) is 4.79 Å². The molecule has 0 fully saturated rings. The summed E-state index contributed by atoms with van der Waals surface area (Å²) >= 11 is 0. The summed E-state index contributed by atoms with van der Waals surface area (Å²) in [7, 11) is 2.97. The highest BCUT2D eigenvalue weighted by Crippen LogP contribution is 2.24. The van der Waals surface area contributed by atoms with E-state index in [0.29, 0.717) is 17.1 Å². The lowest BCUT2D eigenvalue weighted by atomic mass is 10.1. The Balaban J connectivity index is 1.99. The van der Waals surface area contributed by atoms with Crippen LogP contribution in [-0.2, 0) is 4.74 Å². The summed E-state index contributed by atoms with van der Waals surface area (Å²) in [5.74, 6) is -0.373. The van der Waals surface area contributed by atoms with Gasteiger partial charge in [0.25, 0.3) is 0 Å². The van der Waals surface area contributed by atoms with Gasteiger partial charge in [0.05, 0.1) is 14.2 Å². The lowest BCUT2D eigenvalue weighted by Gasteiger charge is -2.07. The number of ketones is 1. The summed E-state index contributed by atoms with van der Waals surface area (Å²) in [5.41, 5.74) is 0.367. The number of benzene rings is 2. The summed E-state index contributed by atoms with van der Waals surface area (Å²) in [4.78, 5) is 23.9. The SMILES string of the molecule is COc1ccc(C(=O)COC(=O)c2ccc(OC)cc2O)cc1. The molecular formula is C17H16O6. The number of phenolic OH excluding ortho intramolecular Hbond substituents is 1. The number of hydrogen-bond acceptors (Lipinski definition) is 6. The molecule has 2 rings (SSSR count). The van der Waals surface area contributed by atoms with Crippen molar-refractivity contribution in [2.45, 2.75) is 0 Å². The minimum absolute atomic E-state index is 0.0340. The minimum atomic E-state index is -0.785. The van der Waals surface area contributed by atoms with Crippen molar-refractivity contribution in [2.75, 3.05) is 20.8 Å². The van der Waals surface area contributed by atoms with Crippen molar-refractivity contribution in [3.05, 3.63) is 53.6 Å². The lowest BCUT2D eigenvalue weighted by molar-refractivity contribution is 0.0471. The third-order valence-corrected chi connectivity index (χ3v) is 3.17. The summed E-state index contributed by atoms with van der Waals surface area (Å²) in [6.45, 7) is -0.420. The zero-order valence-electron chi connectivity index (χ0n) is 12.7. The van der Waals surface area contributed by atoms with E-state index in [0.717, 1.165) is 0 Å². The lowest BCUT2D eigenvalue weighted by Crippen LogP contribution is -2.14. The van der Waals surface area contributed by atoms with Crippen molar-refractivity contribution in [2.24, 2.45) is 0 Å². The van der Waals surface area contributed by atoms with Crippen molar-refractivity contribution in [3.8, 4) is 17.2 Å². The number of carbonyl (C=O) groups is 2. The standard InChI is InChI=1S/C17H16O6/c1-21-12-5-3-11(4-6-12)16(19)10-23-17(20)14-8-7-13(22-2)9-15(14)18/h3-9,18H,10H2,1-2H3. The van der Waals surface area contributed by atoms with Crippen molar-refractivity contribution in [1.82, 2.24) is 0 Å². The van der Waals surface area contributed by atoms with Gasteiger partial charge in [0.2, 0.25) is 0 Å². The molecule has 0 heterocycles. The van der Waals surface area contributed by atoms with Crippen LogP contribution in [0.2, 0.25) is 0 Å². The molecule has 1 N–H and O–H groups in total. The average Bonchev–Trinajstić information content (AvgIpc) is 2.59. The third-order valence-electron chi connectivity index (χ3n) is 3.17. The fourth-order valence-corrected chi connectivity index (χ4v) is 1.88. The van der Waals surface area contributed by atoms with Crippen LogP contribution in [0, 0.1) is 0 Å². The Morgan fingerprint density at radius 3 is 2.13 bits per heavy atom. The Morgan fingerprint density at radius 2 is 1.57 bits per heavy atom. The van der Waals surface area contributed by atoms with Crippen molar-refractivity contribution in [1.29, 1.82) is 0 Å². The third kappa shape index (κ3) is 4.00. The second-order valence-electron chi connectivity index (χ2n) is 4.61. The van der Waals surface area contributed by atoms with E-state index in [1.54, 1.807) is 24.3 Å². The Morgan fingerprint density at radius 1 is 0.957 bits per heavy atom. The summed E-state index contributed by atoms with van der Waals surface area (Å²) < 4.78 is 14.9. The Hall–Kier alpha value is -3.02. The predicted molar refractivity (Wildman–Crippen MR) is 82.3 cm³/mol. The highest BCUT2D eigenvalue weighted by Gasteiger charge is 2.16. The van der Waals surface area contributed by atoms with Gasteiger partial charge in [-0.3, -0.25) is 4.79 Å². The molecule has 0 aliphatic heterocycles. The first-order valence-electron chi connectivity index (χ1n) is 6.76. The summed E-state index contributed by atoms with van der Waals surface area (Å²) in [6, 6.07) is 10.6. The van der Waals surface area contributed by atoms with Gasteiger partial charge in [-0.2, -0.15) is 0 Å². The molecule has 0 aliphatic rings. The number of phenols is 1. The van der Waals surface area contributed by atoms with E-state index >= 15 is 0 Å². The molecule has 0 radical (unpaired) electrons. The van der Waals surface area contributed by atoms with E-state index in [-0.39, 0.29) is 17.1 Å². The van der Waals surface area contributed by atoms with E-state index in [1.165, 1.54) is 32.4 Å². The highest BCUT2D eigenvalue weighted by molar-refractivity contribution is 6.00. The molecule has 6 heteroatoms. The van der Waals surface area contributed by atoms with Gasteiger partial charge in [0.15, 0.2) is 12.4 Å². The van der Waals surface area contributed by atoms with Crippen LogP contribution in [-0.4, -0.2) is 37.7 Å². The topological polar surface area (TPSA) is 82.1 Å². The van der Waals surface area contributed by atoms with Crippen LogP contribution in [0.15, 0.2) is 42.5 Å². The zero-order valence-corrected chi connectivity index (χ0v) is 12.7. The van der Waals surface area contributed by atoms with E-state index in [4.69, 9.17) is 14.2 Å². The first-order valence-corrected chi connectivity index (χ1v) is 6.76. The first-order chi connectivity index (χ1) is 11.0. The number of hydrogen-bond donors (Lipinski definition) is 1. The Bertz CT molecular complexity index is 706. The van der Waals surface area contributed by atoms with E-state index in [2.05, 4.69) is 0 Å². The van der Waals surface area contributed by atoms with Crippen LogP contribution in [0.4, 0.5) is 0 Å². The number of Topliss-reactive ketones (excluding diaryl/α,β-unsaturated/α-hetero) is 1. The van der Waals surface area contributed by atoms with E-state index in [9.17, 15) is 14.7 Å². The van der Waals surface area contributed by atoms with Crippen LogP contribution in [0.1, 0.15) is 20.7 Å². The Kier molecular flexibility index (Phi) is 5.19. The van der Waals surface area contributed by atoms with Gasteiger partial charge in [-0.05, 0) is 36.4 Å². The summed E-state index contributed by atoms with van der Waals surface area (Å²) in [6.07, 6.45) is 0. The van der Waals surface area contributed by atoms with Gasteiger partial charge >= 0.3 is 5.97 Å². The zero-order chi connectivity index (χ0) is 16.8. The molecule has 23 heavy (non-hydrogen) atoms. The number of rotatable bonds is 6. The van der Waals surface area contributed by atoms with Crippen LogP contribution in [0.3, 0.4) is 0 Å². The second kappa shape index (κ2) is 7.31. The fraction of sp³-hybridized carbons (Fsp3) is 0.176. The molecule has 0 unspecified atom stereocenters. The van der Waals surface area contributed by atoms with Crippen LogP contribution < -0.4 is 9.47 Å². The predicted octanol–water partition coefficient (Wildman–Crippen LogP) is 2.45. The maximum atomic E-state index is 12.0. The molecular weight excluding hydrogens is 300 g/mol. The van der Waals surface area contributed by atoms with Crippen molar-refractivity contribution < 1.29 is 28.9 Å². The van der Waals surface area contributed by atoms with Crippen LogP contribution in [0.5, 0.6) is 17.2 Å². The molecule has 0 bridgehead atoms. The van der Waals surface area contributed by atoms with Gasteiger partial charge in [-0.1, -0.05) is 0 Å². The molecule has 0 aliphatic carbocycles. The van der Waals surface area contributed by atoms with Crippen molar-refractivity contribution >= 4 is 11.8 Å². The molecule has 0 atom stereocenters. The fourth-order valence-electron chi connectivity index (χ4n) is 1.88. The molecule has 6 nitrogen and oxygen atoms in total. The molecule has 120 valence electrons. The first kappa shape index (κ1) is 16.4. The average molecular weight is 316 g/mol. The van der Waals surface area contributed by atoms with Crippen molar-refractivity contribution in [3.63, 3.8) is 0 Å². The number of esters is 1. The van der Waals surface area contributed by atoms with Crippen LogP contribution in [0.25, 0.3) is 0 Å². The monoisotopic (exact) mass is 316 g/mol. The number of methoxy groups -OCH3 is 2. The number of carbonyl (C=O) groups excluding carboxylic acids is 2. The highest BCUT2D eigenvalue weighted by atomic mass is 16.5. The normalized spacial score (nSPS) is 10.0. The molecule has 0 saturated heterocycles. The molecule has 0 aromatic heterocycles. The maximum absolute atomic E-state index is 12.0. The number of ether oxygens (including phenoxy) is 3. The number of aromatic hydroxyl groups is 1. The van der Waals surface area contributed by atoms with Gasteiger partial charge in [0.1, 0.15) is 22.8 Å². The second-order valence-corrected chi connectivity index (χ2v) is 4.61. The molecule has 0 spiro atoms. The smallest absolute Gasteiger partial charge is 0.342 e. The molecule has 2 aromatic rings. The van der Waals surface area contributed by atoms with Gasteiger partial charge in [-0.15, -0.1) is 0 Å². The van der Waals surface area contributed by atoms with E-state index < -0.39 is 12.6 Å². The van der Waals surface area contributed by atoms with Gasteiger partial charge in [0, 0.05) is 11.6 Å². The van der Waals surface area contributed by atoms with Gasteiger partial charge < -0.3 is 19.3 Å². The van der Waals surface area contributed by atoms with E-state index in [1.807, 2.05) is 0 Å². The maximum Gasteiger partial charge on any atom is 0.342 e. The van der Waals surface area contributed by atoms with Crippen LogP contribution >= 0.6 is 0 Å². The largest absolute Gasteiger partial charge is 0.507 e. The quantitative estimate of drug-likeness (QED) is 0.651. The molecule has 2 aromatic carbocycles. The molecule has 0 amide bonds. The molecule has 0 saturated carbocycles. The minimum Gasteiger partial charge on any atom is -0.507 e. The summed E-state index contributed by atoms with van der Waals surface area (Å²) in [5, 5.41) is 9.75.